The summed E-state index contributed by atoms with van der Waals surface area (Å²) in [5, 5.41) is 16.4. The highest BCUT2D eigenvalue weighted by atomic mass is 16.1. The molecule has 0 aromatic carbocycles. The Morgan fingerprint density at radius 1 is 1.42 bits per heavy atom. The number of aryl methyl sites for hydroxylation is 1. The van der Waals surface area contributed by atoms with Crippen LogP contribution in [0.15, 0.2) is 23.4 Å². The molecule has 0 unspecified atom stereocenters. The number of H-pyrrole nitrogens is 1. The summed E-state index contributed by atoms with van der Waals surface area (Å²) < 4.78 is 3.20. The van der Waals surface area contributed by atoms with E-state index in [1.165, 1.54) is 10.7 Å². The summed E-state index contributed by atoms with van der Waals surface area (Å²) in [4.78, 5) is 17.4. The molecule has 7 nitrogen and oxygen atoms in total. The van der Waals surface area contributed by atoms with Crippen LogP contribution in [0.2, 0.25) is 0 Å². The van der Waals surface area contributed by atoms with Crippen molar-refractivity contribution in [3.05, 3.63) is 40.1 Å². The van der Waals surface area contributed by atoms with E-state index in [0.29, 0.717) is 22.5 Å². The molecule has 0 spiro atoms. The predicted molar refractivity (Wildman–Crippen MR) is 90.7 cm³/mol. The maximum absolute atomic E-state index is 12.8. The molecule has 3 rings (SSSR count). The van der Waals surface area contributed by atoms with Crippen LogP contribution in [0.4, 0.5) is 0 Å². The summed E-state index contributed by atoms with van der Waals surface area (Å²) in [5.41, 5.74) is 2.56. The number of unbranched alkanes of at least 4 members (excludes halogenated alkanes) is 1. The average molecular weight is 324 g/mol. The lowest BCUT2D eigenvalue weighted by atomic mass is 10.00. The van der Waals surface area contributed by atoms with E-state index < -0.39 is 0 Å². The van der Waals surface area contributed by atoms with Crippen LogP contribution in [0.3, 0.4) is 0 Å². The van der Waals surface area contributed by atoms with Crippen molar-refractivity contribution in [2.45, 2.75) is 46.1 Å². The Morgan fingerprint density at radius 3 is 2.88 bits per heavy atom. The van der Waals surface area contributed by atoms with Crippen LogP contribution in [0.1, 0.15) is 50.7 Å². The summed E-state index contributed by atoms with van der Waals surface area (Å²) in [6, 6.07) is 2.06. The molecule has 0 radical (unpaired) electrons. The van der Waals surface area contributed by atoms with Gasteiger partial charge in [-0.1, -0.05) is 27.2 Å². The third-order valence-corrected chi connectivity index (χ3v) is 4.04. The van der Waals surface area contributed by atoms with E-state index in [1.54, 1.807) is 6.20 Å². The zero-order chi connectivity index (χ0) is 17.3. The van der Waals surface area contributed by atoms with Crippen LogP contribution in [-0.2, 0) is 6.54 Å². The second-order valence-corrected chi connectivity index (χ2v) is 6.14. The Labute approximate surface area is 139 Å². The topological polar surface area (TPSA) is 91.8 Å². The van der Waals surface area contributed by atoms with Crippen LogP contribution in [0, 0.1) is 11.3 Å². The lowest BCUT2D eigenvalue weighted by Crippen LogP contribution is -2.22. The molecule has 0 atom stereocenters. The van der Waals surface area contributed by atoms with Gasteiger partial charge in [-0.05, 0) is 12.3 Å². The fourth-order valence-corrected chi connectivity index (χ4v) is 2.78. The molecule has 3 aromatic rings. The molecule has 3 aromatic heterocycles. The molecule has 0 saturated carbocycles. The number of hydrogen-bond donors (Lipinski definition) is 1. The lowest BCUT2D eigenvalue weighted by molar-refractivity contribution is 0.572. The minimum Gasteiger partial charge on any atom is -0.295 e. The maximum Gasteiger partial charge on any atom is 0.276 e. The minimum absolute atomic E-state index is 0.00438. The SMILES string of the molecule is CCCCn1cc(-c2nc3c(C#N)c[nH]n3c(=O)c2C(C)C)cn1. The fraction of sp³-hybridized carbons (Fsp3) is 0.412. The summed E-state index contributed by atoms with van der Waals surface area (Å²) in [6.07, 6.45) is 7.29. The van der Waals surface area contributed by atoms with E-state index in [-0.39, 0.29) is 11.5 Å². The summed E-state index contributed by atoms with van der Waals surface area (Å²) >= 11 is 0. The molecule has 0 fully saturated rings. The van der Waals surface area contributed by atoms with Crippen molar-refractivity contribution in [3.8, 4) is 17.3 Å². The van der Waals surface area contributed by atoms with Gasteiger partial charge in [-0.25, -0.2) is 9.50 Å². The third-order valence-electron chi connectivity index (χ3n) is 4.04. The average Bonchev–Trinajstić information content (AvgIpc) is 3.18. The van der Waals surface area contributed by atoms with Gasteiger partial charge in [-0.15, -0.1) is 0 Å². The molecule has 0 aliphatic carbocycles. The van der Waals surface area contributed by atoms with E-state index in [2.05, 4.69) is 28.2 Å². The van der Waals surface area contributed by atoms with E-state index in [1.807, 2.05) is 24.7 Å². The Kier molecular flexibility index (Phi) is 4.21. The second kappa shape index (κ2) is 6.32. The third kappa shape index (κ3) is 2.60. The minimum atomic E-state index is -0.173. The molecule has 0 bridgehead atoms. The van der Waals surface area contributed by atoms with E-state index in [0.717, 1.165) is 24.9 Å². The van der Waals surface area contributed by atoms with Crippen LogP contribution in [0.5, 0.6) is 0 Å². The molecule has 0 aliphatic heterocycles. The molecular weight excluding hydrogens is 304 g/mol. The number of nitriles is 1. The first-order valence-electron chi connectivity index (χ1n) is 8.13. The molecule has 3 heterocycles. The molecule has 124 valence electrons. The molecule has 24 heavy (non-hydrogen) atoms. The number of hydrogen-bond acceptors (Lipinski definition) is 4. The van der Waals surface area contributed by atoms with Gasteiger partial charge in [-0.3, -0.25) is 14.6 Å². The first kappa shape index (κ1) is 16.0. The molecule has 0 saturated heterocycles. The molecule has 7 heteroatoms. The maximum atomic E-state index is 12.8. The number of rotatable bonds is 5. The normalized spacial score (nSPS) is 11.3. The van der Waals surface area contributed by atoms with Gasteiger partial charge in [0.05, 0.1) is 11.9 Å². The zero-order valence-corrected chi connectivity index (χ0v) is 14.1. The van der Waals surface area contributed by atoms with E-state index in [4.69, 9.17) is 0 Å². The van der Waals surface area contributed by atoms with Gasteiger partial charge in [0.15, 0.2) is 5.65 Å². The predicted octanol–water partition coefficient (Wildman–Crippen LogP) is 2.68. The summed E-state index contributed by atoms with van der Waals surface area (Å²) in [7, 11) is 0. The number of fused-ring (bicyclic) bond motifs is 1. The van der Waals surface area contributed by atoms with Crippen molar-refractivity contribution in [1.29, 1.82) is 5.26 Å². The molecule has 0 aliphatic rings. The Morgan fingerprint density at radius 2 is 2.21 bits per heavy atom. The van der Waals surface area contributed by atoms with Gasteiger partial charge in [0.25, 0.3) is 5.56 Å². The second-order valence-electron chi connectivity index (χ2n) is 6.14. The van der Waals surface area contributed by atoms with Crippen LogP contribution in [0.25, 0.3) is 16.9 Å². The molecule has 1 N–H and O–H groups in total. The van der Waals surface area contributed by atoms with E-state index in [9.17, 15) is 10.1 Å². The quantitative estimate of drug-likeness (QED) is 0.781. The standard InChI is InChI=1S/C17H20N6O/c1-4-5-6-22-10-13(9-19-22)15-14(11(2)3)17(24)23-16(21-15)12(7-18)8-20-23/h8-11,20H,4-6H2,1-3H3. The van der Waals surface area contributed by atoms with Gasteiger partial charge in [0.1, 0.15) is 11.6 Å². The highest BCUT2D eigenvalue weighted by Gasteiger charge is 2.20. The Balaban J connectivity index is 2.22. The van der Waals surface area contributed by atoms with E-state index >= 15 is 0 Å². The van der Waals surface area contributed by atoms with Gasteiger partial charge in [0.2, 0.25) is 0 Å². The van der Waals surface area contributed by atoms with Crippen LogP contribution in [-0.4, -0.2) is 24.4 Å². The molecule has 0 amide bonds. The van der Waals surface area contributed by atoms with Gasteiger partial charge >= 0.3 is 0 Å². The van der Waals surface area contributed by atoms with Crippen LogP contribution >= 0.6 is 0 Å². The van der Waals surface area contributed by atoms with Crippen molar-refractivity contribution in [2.75, 3.05) is 0 Å². The highest BCUT2D eigenvalue weighted by Crippen LogP contribution is 2.25. The lowest BCUT2D eigenvalue weighted by Gasteiger charge is -2.10. The zero-order valence-electron chi connectivity index (χ0n) is 14.1. The summed E-state index contributed by atoms with van der Waals surface area (Å²) in [6.45, 7) is 6.89. The monoisotopic (exact) mass is 324 g/mol. The van der Waals surface area contributed by atoms with Gasteiger partial charge in [-0.2, -0.15) is 10.4 Å². The van der Waals surface area contributed by atoms with Crippen molar-refractivity contribution < 1.29 is 0 Å². The number of nitrogens with zero attached hydrogens (tertiary/aromatic N) is 5. The van der Waals surface area contributed by atoms with Gasteiger partial charge < -0.3 is 0 Å². The highest BCUT2D eigenvalue weighted by molar-refractivity contribution is 5.67. The van der Waals surface area contributed by atoms with Crippen molar-refractivity contribution in [3.63, 3.8) is 0 Å². The van der Waals surface area contributed by atoms with Gasteiger partial charge in [0, 0.05) is 30.1 Å². The number of aromatic amines is 1. The number of aromatic nitrogens is 5. The molecular formula is C17H20N6O. The first-order chi connectivity index (χ1) is 11.6. The fourth-order valence-electron chi connectivity index (χ4n) is 2.78. The first-order valence-corrected chi connectivity index (χ1v) is 8.13. The van der Waals surface area contributed by atoms with Crippen molar-refractivity contribution >= 4 is 5.65 Å². The van der Waals surface area contributed by atoms with Crippen molar-refractivity contribution in [1.82, 2.24) is 24.4 Å². The summed E-state index contributed by atoms with van der Waals surface area (Å²) in [5.74, 6) is 0.00438. The largest absolute Gasteiger partial charge is 0.295 e. The Bertz CT molecular complexity index is 969. The smallest absolute Gasteiger partial charge is 0.276 e. The van der Waals surface area contributed by atoms with Crippen LogP contribution < -0.4 is 5.56 Å². The Hall–Kier alpha value is -2.88. The number of nitrogens with one attached hydrogen (secondary N) is 1. The van der Waals surface area contributed by atoms with Crippen molar-refractivity contribution in [2.24, 2.45) is 0 Å².